The lowest BCUT2D eigenvalue weighted by Crippen LogP contribution is -2.40. The van der Waals surface area contributed by atoms with E-state index in [1.54, 1.807) is 24.3 Å². The van der Waals surface area contributed by atoms with Gasteiger partial charge in [-0.25, -0.2) is 4.39 Å². The fraction of sp³-hybridized carbons (Fsp3) is 0.250. The number of para-hydroxylation sites is 2. The number of hydrogen-bond acceptors (Lipinski definition) is 6. The lowest BCUT2D eigenvalue weighted by molar-refractivity contribution is -0.142. The van der Waals surface area contributed by atoms with Gasteiger partial charge in [0.05, 0.1) is 19.2 Å². The van der Waals surface area contributed by atoms with E-state index in [-0.39, 0.29) is 36.8 Å². The molecule has 28 heavy (non-hydrogen) atoms. The molecular weight excluding hydrogens is 369 g/mol. The van der Waals surface area contributed by atoms with Crippen LogP contribution in [0.1, 0.15) is 16.8 Å². The van der Waals surface area contributed by atoms with Crippen molar-refractivity contribution in [1.82, 2.24) is 0 Å². The van der Waals surface area contributed by atoms with Crippen LogP contribution in [0.3, 0.4) is 0 Å². The molecular formula is C20H18FNO6. The summed E-state index contributed by atoms with van der Waals surface area (Å²) in [7, 11) is 1.32. The van der Waals surface area contributed by atoms with Crippen LogP contribution in [0.5, 0.6) is 11.5 Å². The van der Waals surface area contributed by atoms with Gasteiger partial charge in [0.1, 0.15) is 5.75 Å². The third-order valence-electron chi connectivity index (χ3n) is 4.19. The maximum absolute atomic E-state index is 13.7. The lowest BCUT2D eigenvalue weighted by Gasteiger charge is -2.28. The Morgan fingerprint density at radius 2 is 2.00 bits per heavy atom. The van der Waals surface area contributed by atoms with Crippen LogP contribution in [0.2, 0.25) is 0 Å². The average molecular weight is 387 g/mol. The van der Waals surface area contributed by atoms with Crippen LogP contribution < -0.4 is 14.4 Å². The SMILES string of the molecule is COc1ccc(C(=O)COC(=O)CCN2C(=O)COc3ccccc32)cc1F. The summed E-state index contributed by atoms with van der Waals surface area (Å²) in [5.41, 5.74) is 0.653. The van der Waals surface area contributed by atoms with E-state index in [1.807, 2.05) is 0 Å². The number of methoxy groups -OCH3 is 1. The van der Waals surface area contributed by atoms with E-state index < -0.39 is 24.2 Å². The molecule has 3 rings (SSSR count). The first-order valence-corrected chi connectivity index (χ1v) is 8.54. The molecule has 0 fully saturated rings. The quantitative estimate of drug-likeness (QED) is 0.536. The third kappa shape index (κ3) is 4.28. The Kier molecular flexibility index (Phi) is 5.88. The number of ketones is 1. The first-order valence-electron chi connectivity index (χ1n) is 8.54. The summed E-state index contributed by atoms with van der Waals surface area (Å²) >= 11 is 0. The largest absolute Gasteiger partial charge is 0.494 e. The number of carbonyl (C=O) groups is 3. The Balaban J connectivity index is 1.53. The highest BCUT2D eigenvalue weighted by Gasteiger charge is 2.25. The number of ether oxygens (including phenoxy) is 3. The molecule has 0 radical (unpaired) electrons. The van der Waals surface area contributed by atoms with Crippen LogP contribution in [0.15, 0.2) is 42.5 Å². The van der Waals surface area contributed by atoms with E-state index in [0.29, 0.717) is 11.4 Å². The second-order valence-corrected chi connectivity index (χ2v) is 5.98. The van der Waals surface area contributed by atoms with E-state index in [0.717, 1.165) is 6.07 Å². The molecule has 1 amide bonds. The molecule has 0 N–H and O–H groups in total. The second kappa shape index (κ2) is 8.51. The highest BCUT2D eigenvalue weighted by atomic mass is 19.1. The molecule has 0 bridgehead atoms. The summed E-state index contributed by atoms with van der Waals surface area (Å²) in [5.74, 6) is -1.54. The van der Waals surface area contributed by atoms with Crippen molar-refractivity contribution in [3.05, 3.63) is 53.8 Å². The molecule has 0 saturated heterocycles. The number of fused-ring (bicyclic) bond motifs is 1. The number of anilines is 1. The number of esters is 1. The summed E-state index contributed by atoms with van der Waals surface area (Å²) in [4.78, 5) is 37.5. The summed E-state index contributed by atoms with van der Waals surface area (Å²) in [6, 6.07) is 10.7. The number of carbonyl (C=O) groups excluding carboxylic acids is 3. The van der Waals surface area contributed by atoms with Crippen LogP contribution in [-0.4, -0.2) is 44.5 Å². The van der Waals surface area contributed by atoms with Crippen molar-refractivity contribution in [2.75, 3.05) is 31.8 Å². The molecule has 0 saturated carbocycles. The van der Waals surface area contributed by atoms with Gasteiger partial charge in [0, 0.05) is 12.1 Å². The van der Waals surface area contributed by atoms with Gasteiger partial charge in [0.15, 0.2) is 30.6 Å². The number of hydrogen-bond donors (Lipinski definition) is 0. The standard InChI is InChI=1S/C20H18FNO6/c1-26-17-7-6-13(10-14(17)21)16(23)11-28-20(25)8-9-22-15-4-2-3-5-18(15)27-12-19(22)24/h2-7,10H,8-9,11-12H2,1H3. The fourth-order valence-electron chi connectivity index (χ4n) is 2.74. The zero-order chi connectivity index (χ0) is 20.1. The highest BCUT2D eigenvalue weighted by molar-refractivity contribution is 5.99. The number of halogens is 1. The van der Waals surface area contributed by atoms with Crippen molar-refractivity contribution in [1.29, 1.82) is 0 Å². The number of amides is 1. The van der Waals surface area contributed by atoms with Crippen molar-refractivity contribution in [2.45, 2.75) is 6.42 Å². The number of benzene rings is 2. The monoisotopic (exact) mass is 387 g/mol. The lowest BCUT2D eigenvalue weighted by atomic mass is 10.1. The predicted molar refractivity (Wildman–Crippen MR) is 97.1 cm³/mol. The topological polar surface area (TPSA) is 82.1 Å². The van der Waals surface area contributed by atoms with E-state index in [4.69, 9.17) is 14.2 Å². The minimum atomic E-state index is -0.677. The normalized spacial score (nSPS) is 12.8. The second-order valence-electron chi connectivity index (χ2n) is 5.98. The van der Waals surface area contributed by atoms with Crippen molar-refractivity contribution < 1.29 is 33.0 Å². The molecule has 0 spiro atoms. The molecule has 0 unspecified atom stereocenters. The summed E-state index contributed by atoms with van der Waals surface area (Å²) in [6.45, 7) is -0.519. The van der Waals surface area contributed by atoms with Crippen molar-refractivity contribution >= 4 is 23.3 Å². The molecule has 0 atom stereocenters. The van der Waals surface area contributed by atoms with Crippen LogP contribution in [-0.2, 0) is 14.3 Å². The van der Waals surface area contributed by atoms with E-state index in [1.165, 1.54) is 24.1 Å². The van der Waals surface area contributed by atoms with Crippen LogP contribution >= 0.6 is 0 Å². The maximum Gasteiger partial charge on any atom is 0.308 e. The van der Waals surface area contributed by atoms with E-state index in [9.17, 15) is 18.8 Å². The fourth-order valence-corrected chi connectivity index (χ4v) is 2.74. The molecule has 1 heterocycles. The third-order valence-corrected chi connectivity index (χ3v) is 4.19. The predicted octanol–water partition coefficient (Wildman–Crippen LogP) is 2.38. The molecule has 2 aromatic rings. The van der Waals surface area contributed by atoms with Crippen LogP contribution in [0, 0.1) is 5.82 Å². The van der Waals surface area contributed by atoms with Gasteiger partial charge < -0.3 is 19.1 Å². The zero-order valence-electron chi connectivity index (χ0n) is 15.1. The van der Waals surface area contributed by atoms with E-state index in [2.05, 4.69) is 0 Å². The number of Topliss-reactive ketones (excluding diaryl/α,β-unsaturated/α-hetero) is 1. The molecule has 8 heteroatoms. The minimum Gasteiger partial charge on any atom is -0.494 e. The van der Waals surface area contributed by atoms with Gasteiger partial charge in [0.25, 0.3) is 5.91 Å². The molecule has 2 aromatic carbocycles. The Bertz CT molecular complexity index is 913. The van der Waals surface area contributed by atoms with Gasteiger partial charge in [-0.2, -0.15) is 0 Å². The molecule has 0 aliphatic carbocycles. The number of rotatable bonds is 7. The van der Waals surface area contributed by atoms with Gasteiger partial charge in [-0.15, -0.1) is 0 Å². The van der Waals surface area contributed by atoms with Crippen LogP contribution in [0.25, 0.3) is 0 Å². The Labute approximate surface area is 160 Å². The van der Waals surface area contributed by atoms with Gasteiger partial charge >= 0.3 is 5.97 Å². The highest BCUT2D eigenvalue weighted by Crippen LogP contribution is 2.31. The van der Waals surface area contributed by atoms with Crippen molar-refractivity contribution in [3.63, 3.8) is 0 Å². The maximum atomic E-state index is 13.7. The van der Waals surface area contributed by atoms with Crippen LogP contribution in [0.4, 0.5) is 10.1 Å². The molecule has 1 aliphatic heterocycles. The van der Waals surface area contributed by atoms with Gasteiger partial charge in [-0.05, 0) is 30.3 Å². The van der Waals surface area contributed by atoms with Crippen molar-refractivity contribution in [3.8, 4) is 11.5 Å². The molecule has 146 valence electrons. The average Bonchev–Trinajstić information content (AvgIpc) is 2.71. The Morgan fingerprint density at radius 1 is 1.21 bits per heavy atom. The first-order chi connectivity index (χ1) is 13.5. The zero-order valence-corrected chi connectivity index (χ0v) is 15.1. The van der Waals surface area contributed by atoms with Crippen molar-refractivity contribution in [2.24, 2.45) is 0 Å². The number of nitrogens with zero attached hydrogens (tertiary/aromatic N) is 1. The first kappa shape index (κ1) is 19.3. The molecule has 1 aliphatic rings. The smallest absolute Gasteiger partial charge is 0.308 e. The van der Waals surface area contributed by atoms with Gasteiger partial charge in [0.2, 0.25) is 0 Å². The van der Waals surface area contributed by atoms with Gasteiger partial charge in [-0.1, -0.05) is 12.1 Å². The molecule has 0 aromatic heterocycles. The van der Waals surface area contributed by atoms with E-state index >= 15 is 0 Å². The molecule has 7 nitrogen and oxygen atoms in total. The summed E-state index contributed by atoms with van der Waals surface area (Å²) in [5, 5.41) is 0. The summed E-state index contributed by atoms with van der Waals surface area (Å²) in [6.07, 6.45) is -0.0929. The minimum absolute atomic E-state index is 0.0176. The Hall–Kier alpha value is -3.42. The summed E-state index contributed by atoms with van der Waals surface area (Å²) < 4.78 is 28.7. The van der Waals surface area contributed by atoms with Gasteiger partial charge in [-0.3, -0.25) is 14.4 Å². The Morgan fingerprint density at radius 3 is 2.75 bits per heavy atom.